The Morgan fingerprint density at radius 2 is 2.15 bits per heavy atom. The third-order valence-electron chi connectivity index (χ3n) is 3.36. The number of aryl methyl sites for hydroxylation is 1. The van der Waals surface area contributed by atoms with Crippen LogP contribution in [0.1, 0.15) is 51.0 Å². The molecule has 2 aromatic rings. The number of aromatic nitrogens is 3. The maximum Gasteiger partial charge on any atom is 0.226 e. The normalized spacial score (nSPS) is 13.1. The number of hydrogen-bond donors (Lipinski definition) is 1. The Bertz CT molecular complexity index is 529. The van der Waals surface area contributed by atoms with Gasteiger partial charge in [0.1, 0.15) is 0 Å². The Labute approximate surface area is 120 Å². The Balaban J connectivity index is 2.07. The molecule has 0 spiro atoms. The molecule has 5 nitrogen and oxygen atoms in total. The molecular weight excluding hydrogens is 252 g/mol. The summed E-state index contributed by atoms with van der Waals surface area (Å²) in [6.07, 6.45) is 5.01. The lowest BCUT2D eigenvalue weighted by molar-refractivity contribution is 0.375. The van der Waals surface area contributed by atoms with E-state index in [4.69, 9.17) is 4.52 Å². The van der Waals surface area contributed by atoms with Gasteiger partial charge in [-0.3, -0.25) is 0 Å². The van der Waals surface area contributed by atoms with Gasteiger partial charge >= 0.3 is 0 Å². The second kappa shape index (κ2) is 6.70. The van der Waals surface area contributed by atoms with E-state index in [9.17, 15) is 0 Å². The van der Waals surface area contributed by atoms with Crippen LogP contribution in [0, 0.1) is 5.92 Å². The average molecular weight is 276 g/mol. The molecule has 110 valence electrons. The number of hydrogen-bond acceptors (Lipinski definition) is 4. The Morgan fingerprint density at radius 3 is 2.75 bits per heavy atom. The van der Waals surface area contributed by atoms with Crippen molar-refractivity contribution in [3.8, 4) is 0 Å². The highest BCUT2D eigenvalue weighted by Crippen LogP contribution is 2.22. The fourth-order valence-electron chi connectivity index (χ4n) is 2.36. The lowest BCUT2D eigenvalue weighted by Crippen LogP contribution is -2.25. The minimum absolute atomic E-state index is 0.387. The molecule has 0 fully saturated rings. The molecule has 0 saturated carbocycles. The largest absolute Gasteiger partial charge is 0.346 e. The van der Waals surface area contributed by atoms with Gasteiger partial charge in [-0.05, 0) is 24.1 Å². The summed E-state index contributed by atoms with van der Waals surface area (Å²) in [5.41, 5.74) is 1.31. The van der Waals surface area contributed by atoms with Gasteiger partial charge in [0.25, 0.3) is 0 Å². The molecule has 0 radical (unpaired) electrons. The van der Waals surface area contributed by atoms with Gasteiger partial charge in [0.15, 0.2) is 5.82 Å². The van der Waals surface area contributed by atoms with E-state index in [0.29, 0.717) is 24.4 Å². The summed E-state index contributed by atoms with van der Waals surface area (Å²) in [6, 6.07) is 2.55. The lowest BCUT2D eigenvalue weighted by Gasteiger charge is -2.20. The molecule has 2 heterocycles. The fraction of sp³-hybridized carbons (Fsp3) is 0.600. The molecule has 1 unspecified atom stereocenters. The zero-order valence-electron chi connectivity index (χ0n) is 12.8. The molecule has 0 bridgehead atoms. The first-order valence-electron chi connectivity index (χ1n) is 7.34. The first-order chi connectivity index (χ1) is 9.63. The van der Waals surface area contributed by atoms with Crippen LogP contribution in [-0.2, 0) is 13.0 Å². The van der Waals surface area contributed by atoms with E-state index in [1.54, 1.807) is 0 Å². The van der Waals surface area contributed by atoms with Crippen LogP contribution in [0.2, 0.25) is 0 Å². The standard InChI is InChI=1S/C15H24N4O/c1-5-14-17-13(18-20-14)10-19-8-7-12(9-19)15(11(3)4)16-6-2/h7-9,11,15-16H,5-6,10H2,1-4H3. The van der Waals surface area contributed by atoms with Gasteiger partial charge in [0, 0.05) is 24.9 Å². The van der Waals surface area contributed by atoms with E-state index in [1.807, 2.05) is 6.92 Å². The van der Waals surface area contributed by atoms with Gasteiger partial charge < -0.3 is 14.4 Å². The maximum absolute atomic E-state index is 5.13. The predicted octanol–water partition coefficient (Wildman–Crippen LogP) is 2.79. The third-order valence-corrected chi connectivity index (χ3v) is 3.36. The SMILES string of the molecule is CCNC(c1ccn(Cc2noc(CC)n2)c1)C(C)C. The van der Waals surface area contributed by atoms with Crippen molar-refractivity contribution in [2.24, 2.45) is 5.92 Å². The summed E-state index contributed by atoms with van der Waals surface area (Å²) in [6.45, 7) is 10.2. The van der Waals surface area contributed by atoms with Gasteiger partial charge in [-0.1, -0.05) is 32.9 Å². The summed E-state index contributed by atoms with van der Waals surface area (Å²) in [4.78, 5) is 4.34. The monoisotopic (exact) mass is 276 g/mol. The number of nitrogens with one attached hydrogen (secondary N) is 1. The quantitative estimate of drug-likeness (QED) is 0.845. The third kappa shape index (κ3) is 3.48. The van der Waals surface area contributed by atoms with Crippen LogP contribution in [0.5, 0.6) is 0 Å². The maximum atomic E-state index is 5.13. The molecule has 5 heteroatoms. The molecule has 2 rings (SSSR count). The van der Waals surface area contributed by atoms with E-state index in [1.165, 1.54) is 5.56 Å². The van der Waals surface area contributed by atoms with Crippen molar-refractivity contribution < 1.29 is 4.52 Å². The highest BCUT2D eigenvalue weighted by atomic mass is 16.5. The summed E-state index contributed by atoms with van der Waals surface area (Å²) in [5.74, 6) is 1.98. The minimum Gasteiger partial charge on any atom is -0.346 e. The van der Waals surface area contributed by atoms with Crippen LogP contribution in [0.3, 0.4) is 0 Å². The van der Waals surface area contributed by atoms with Gasteiger partial charge in [0.2, 0.25) is 5.89 Å². The van der Waals surface area contributed by atoms with Crippen LogP contribution < -0.4 is 5.32 Å². The van der Waals surface area contributed by atoms with E-state index in [0.717, 1.165) is 18.8 Å². The van der Waals surface area contributed by atoms with E-state index in [2.05, 4.69) is 59.3 Å². The van der Waals surface area contributed by atoms with Gasteiger partial charge in [-0.2, -0.15) is 4.98 Å². The Hall–Kier alpha value is -1.62. The first kappa shape index (κ1) is 14.8. The van der Waals surface area contributed by atoms with Crippen LogP contribution in [0.4, 0.5) is 0 Å². The smallest absolute Gasteiger partial charge is 0.226 e. The summed E-state index contributed by atoms with van der Waals surface area (Å²) in [5, 5.41) is 7.51. The van der Waals surface area contributed by atoms with Crippen LogP contribution in [0.25, 0.3) is 0 Å². The molecule has 0 aliphatic heterocycles. The molecule has 1 atom stereocenters. The first-order valence-corrected chi connectivity index (χ1v) is 7.34. The minimum atomic E-state index is 0.387. The molecule has 0 saturated heterocycles. The van der Waals surface area contributed by atoms with E-state index in [-0.39, 0.29) is 0 Å². The van der Waals surface area contributed by atoms with Crippen molar-refractivity contribution in [2.45, 2.75) is 46.7 Å². The van der Waals surface area contributed by atoms with E-state index < -0.39 is 0 Å². The van der Waals surface area contributed by atoms with Crippen molar-refractivity contribution in [1.29, 1.82) is 0 Å². The molecule has 0 aliphatic carbocycles. The zero-order chi connectivity index (χ0) is 14.5. The van der Waals surface area contributed by atoms with Crippen molar-refractivity contribution in [1.82, 2.24) is 20.0 Å². The second-order valence-corrected chi connectivity index (χ2v) is 5.35. The van der Waals surface area contributed by atoms with Crippen molar-refractivity contribution in [3.63, 3.8) is 0 Å². The van der Waals surface area contributed by atoms with Gasteiger partial charge in [-0.15, -0.1) is 0 Å². The van der Waals surface area contributed by atoms with E-state index >= 15 is 0 Å². The summed E-state index contributed by atoms with van der Waals surface area (Å²) >= 11 is 0. The van der Waals surface area contributed by atoms with Crippen molar-refractivity contribution >= 4 is 0 Å². The molecular formula is C15H24N4O. The van der Waals surface area contributed by atoms with Crippen molar-refractivity contribution in [3.05, 3.63) is 35.7 Å². The summed E-state index contributed by atoms with van der Waals surface area (Å²) in [7, 11) is 0. The Kier molecular flexibility index (Phi) is 4.95. The molecule has 20 heavy (non-hydrogen) atoms. The highest BCUT2D eigenvalue weighted by molar-refractivity contribution is 5.16. The fourth-order valence-corrected chi connectivity index (χ4v) is 2.36. The topological polar surface area (TPSA) is 55.9 Å². The summed E-state index contributed by atoms with van der Waals surface area (Å²) < 4.78 is 7.23. The molecule has 2 aromatic heterocycles. The lowest BCUT2D eigenvalue weighted by atomic mass is 9.98. The highest BCUT2D eigenvalue weighted by Gasteiger charge is 2.16. The molecule has 0 amide bonds. The van der Waals surface area contributed by atoms with Gasteiger partial charge in [0.05, 0.1) is 6.54 Å². The second-order valence-electron chi connectivity index (χ2n) is 5.35. The zero-order valence-corrected chi connectivity index (χ0v) is 12.8. The predicted molar refractivity (Wildman–Crippen MR) is 78.5 cm³/mol. The Morgan fingerprint density at radius 1 is 1.35 bits per heavy atom. The molecule has 0 aliphatic rings. The van der Waals surface area contributed by atoms with Crippen molar-refractivity contribution in [2.75, 3.05) is 6.54 Å². The number of rotatable bonds is 7. The molecule has 1 N–H and O–H groups in total. The van der Waals surface area contributed by atoms with Gasteiger partial charge in [-0.25, -0.2) is 0 Å². The van der Waals surface area contributed by atoms with Crippen LogP contribution in [-0.4, -0.2) is 21.3 Å². The average Bonchev–Trinajstić information content (AvgIpc) is 3.05. The molecule has 0 aromatic carbocycles. The van der Waals surface area contributed by atoms with Crippen LogP contribution >= 0.6 is 0 Å². The van der Waals surface area contributed by atoms with Crippen LogP contribution in [0.15, 0.2) is 23.0 Å². The number of nitrogens with zero attached hydrogens (tertiary/aromatic N) is 3.